The maximum Gasteiger partial charge on any atom is 0.130 e. The van der Waals surface area contributed by atoms with Crippen LogP contribution in [-0.2, 0) is 0 Å². The Morgan fingerprint density at radius 2 is 1.95 bits per heavy atom. The molecule has 0 bridgehead atoms. The van der Waals surface area contributed by atoms with Crippen molar-refractivity contribution in [3.8, 4) is 16.9 Å². The van der Waals surface area contributed by atoms with E-state index in [1.54, 1.807) is 0 Å². The van der Waals surface area contributed by atoms with Crippen molar-refractivity contribution in [2.75, 3.05) is 13.2 Å². The van der Waals surface area contributed by atoms with Gasteiger partial charge in [-0.1, -0.05) is 18.2 Å². The number of aromatic nitrogens is 1. The van der Waals surface area contributed by atoms with Gasteiger partial charge in [-0.25, -0.2) is 0 Å². The highest BCUT2D eigenvalue weighted by Crippen LogP contribution is 2.41. The molecule has 1 aromatic heterocycles. The van der Waals surface area contributed by atoms with Gasteiger partial charge < -0.3 is 10.5 Å². The zero-order valence-corrected chi connectivity index (χ0v) is 14.5. The second-order valence-corrected chi connectivity index (χ2v) is 5.36. The molecule has 5 heteroatoms. The second kappa shape index (κ2) is 7.82. The molecule has 1 aromatic carbocycles. The molecule has 0 saturated heterocycles. The fourth-order valence-electron chi connectivity index (χ4n) is 2.89. The number of hydrogen-bond acceptors (Lipinski definition) is 3. The predicted molar refractivity (Wildman–Crippen MR) is 95.6 cm³/mol. The molecule has 0 spiro atoms. The molecule has 120 valence electrons. The number of rotatable bonds is 2. The van der Waals surface area contributed by atoms with Gasteiger partial charge in [-0.15, -0.1) is 24.8 Å². The van der Waals surface area contributed by atoms with Crippen LogP contribution in [0.2, 0.25) is 0 Å². The number of aryl methyl sites for hydroxylation is 1. The molecule has 1 atom stereocenters. The van der Waals surface area contributed by atoms with Gasteiger partial charge in [0.25, 0.3) is 0 Å². The van der Waals surface area contributed by atoms with E-state index in [0.717, 1.165) is 30.0 Å². The fourth-order valence-corrected chi connectivity index (χ4v) is 2.89. The summed E-state index contributed by atoms with van der Waals surface area (Å²) in [5.74, 6) is 1.41. The lowest BCUT2D eigenvalue weighted by atomic mass is 9.89. The second-order valence-electron chi connectivity index (χ2n) is 5.36. The van der Waals surface area contributed by atoms with Crippen LogP contribution in [0.3, 0.4) is 0 Å². The Labute approximate surface area is 144 Å². The highest BCUT2D eigenvalue weighted by molar-refractivity contribution is 5.85. The van der Waals surface area contributed by atoms with Crippen LogP contribution in [0.5, 0.6) is 5.75 Å². The number of pyridine rings is 1. The molecule has 0 radical (unpaired) electrons. The first-order valence-corrected chi connectivity index (χ1v) is 7.10. The highest BCUT2D eigenvalue weighted by atomic mass is 35.5. The number of para-hydroxylation sites is 1. The van der Waals surface area contributed by atoms with E-state index < -0.39 is 0 Å². The van der Waals surface area contributed by atoms with Crippen molar-refractivity contribution in [3.05, 3.63) is 47.3 Å². The van der Waals surface area contributed by atoms with Crippen LogP contribution < -0.4 is 10.5 Å². The van der Waals surface area contributed by atoms with E-state index in [9.17, 15) is 0 Å². The van der Waals surface area contributed by atoms with Gasteiger partial charge >= 0.3 is 0 Å². The van der Waals surface area contributed by atoms with Crippen LogP contribution in [0.4, 0.5) is 0 Å². The van der Waals surface area contributed by atoms with Gasteiger partial charge in [0.1, 0.15) is 5.75 Å². The summed E-state index contributed by atoms with van der Waals surface area (Å²) in [5.41, 5.74) is 11.8. The van der Waals surface area contributed by atoms with Crippen molar-refractivity contribution in [3.63, 3.8) is 0 Å². The smallest absolute Gasteiger partial charge is 0.130 e. The Morgan fingerprint density at radius 3 is 2.68 bits per heavy atom. The van der Waals surface area contributed by atoms with Crippen molar-refractivity contribution in [1.82, 2.24) is 4.98 Å². The lowest BCUT2D eigenvalue weighted by molar-refractivity contribution is 0.270. The lowest BCUT2D eigenvalue weighted by Crippen LogP contribution is -2.21. The van der Waals surface area contributed by atoms with Crippen LogP contribution in [-0.4, -0.2) is 18.1 Å². The average molecular weight is 341 g/mol. The minimum atomic E-state index is 0. The Kier molecular flexibility index (Phi) is 6.66. The third-order valence-corrected chi connectivity index (χ3v) is 4.23. The number of nitrogens with two attached hydrogens (primary N) is 1. The van der Waals surface area contributed by atoms with Gasteiger partial charge in [0.2, 0.25) is 0 Å². The van der Waals surface area contributed by atoms with Gasteiger partial charge in [0.05, 0.1) is 6.61 Å². The minimum absolute atomic E-state index is 0. The summed E-state index contributed by atoms with van der Waals surface area (Å²) in [7, 11) is 0. The van der Waals surface area contributed by atoms with Crippen molar-refractivity contribution in [1.29, 1.82) is 0 Å². The van der Waals surface area contributed by atoms with E-state index in [0.29, 0.717) is 12.5 Å². The molecule has 0 saturated carbocycles. The van der Waals surface area contributed by atoms with Crippen molar-refractivity contribution in [2.24, 2.45) is 5.73 Å². The predicted octanol–water partition coefficient (Wildman–Crippen LogP) is 4.03. The first-order chi connectivity index (χ1) is 9.72. The topological polar surface area (TPSA) is 48.1 Å². The Morgan fingerprint density at radius 1 is 1.18 bits per heavy atom. The lowest BCUT2D eigenvalue weighted by Gasteiger charge is -2.27. The molecular formula is C17H22Cl2N2O. The summed E-state index contributed by atoms with van der Waals surface area (Å²) in [6, 6.07) is 8.42. The highest BCUT2D eigenvalue weighted by Gasteiger charge is 2.23. The summed E-state index contributed by atoms with van der Waals surface area (Å²) in [5, 5.41) is 0. The first kappa shape index (κ1) is 18.8. The first-order valence-electron chi connectivity index (χ1n) is 7.10. The van der Waals surface area contributed by atoms with E-state index >= 15 is 0 Å². The molecule has 3 rings (SSSR count). The molecule has 2 heterocycles. The largest absolute Gasteiger partial charge is 0.493 e. The summed E-state index contributed by atoms with van der Waals surface area (Å²) < 4.78 is 5.96. The zero-order valence-electron chi connectivity index (χ0n) is 12.8. The van der Waals surface area contributed by atoms with Gasteiger partial charge in [-0.3, -0.25) is 4.98 Å². The number of ether oxygens (including phenoxy) is 1. The van der Waals surface area contributed by atoms with Crippen molar-refractivity contribution >= 4 is 24.8 Å². The number of nitrogens with zero attached hydrogens (tertiary/aromatic N) is 1. The van der Waals surface area contributed by atoms with Gasteiger partial charge in [0, 0.05) is 23.4 Å². The Hall–Kier alpha value is -1.29. The molecule has 0 fully saturated rings. The average Bonchev–Trinajstić information content (AvgIpc) is 2.49. The van der Waals surface area contributed by atoms with E-state index in [-0.39, 0.29) is 24.8 Å². The van der Waals surface area contributed by atoms with Gasteiger partial charge in [0.15, 0.2) is 0 Å². The molecule has 1 unspecified atom stereocenters. The molecule has 0 aliphatic carbocycles. The number of benzene rings is 1. The maximum absolute atomic E-state index is 5.96. The molecule has 1 aliphatic heterocycles. The Bertz CT molecular complexity index is 647. The normalized spacial score (nSPS) is 15.9. The van der Waals surface area contributed by atoms with Crippen molar-refractivity contribution in [2.45, 2.75) is 26.2 Å². The van der Waals surface area contributed by atoms with Gasteiger partial charge in [-0.2, -0.15) is 0 Å². The molecule has 2 N–H and O–H groups in total. The molecule has 0 amide bonds. The molecule has 2 aromatic rings. The van der Waals surface area contributed by atoms with Crippen LogP contribution in [0, 0.1) is 13.8 Å². The van der Waals surface area contributed by atoms with Crippen molar-refractivity contribution < 1.29 is 4.74 Å². The third-order valence-electron chi connectivity index (χ3n) is 4.23. The summed E-state index contributed by atoms with van der Waals surface area (Å²) in [4.78, 5) is 4.35. The van der Waals surface area contributed by atoms with E-state index in [1.807, 2.05) is 13.1 Å². The number of hydrogen-bond donors (Lipinski definition) is 1. The standard InChI is InChI=1S/C17H20N2O.2ClH/c1-11-12(2)19-8-6-14(11)16-5-3-4-15-13(10-18)7-9-20-17(15)16;;/h3-6,8,13H,7,9-10,18H2,1-2H3;2*1H. The summed E-state index contributed by atoms with van der Waals surface area (Å²) in [6.07, 6.45) is 2.86. The van der Waals surface area contributed by atoms with E-state index in [4.69, 9.17) is 10.5 Å². The minimum Gasteiger partial charge on any atom is -0.493 e. The fraction of sp³-hybridized carbons (Fsp3) is 0.353. The SMILES string of the molecule is Cc1nccc(-c2cccc3c2OCCC3CN)c1C.Cl.Cl. The van der Waals surface area contributed by atoms with E-state index in [1.165, 1.54) is 16.7 Å². The van der Waals surface area contributed by atoms with E-state index in [2.05, 4.69) is 36.2 Å². The summed E-state index contributed by atoms with van der Waals surface area (Å²) >= 11 is 0. The van der Waals surface area contributed by atoms with Gasteiger partial charge in [-0.05, 0) is 49.6 Å². The maximum atomic E-state index is 5.96. The van der Waals surface area contributed by atoms with Crippen LogP contribution in [0.1, 0.15) is 29.2 Å². The molecule has 22 heavy (non-hydrogen) atoms. The summed E-state index contributed by atoms with van der Waals surface area (Å²) in [6.45, 7) is 5.57. The van der Waals surface area contributed by atoms with Crippen LogP contribution in [0.15, 0.2) is 30.5 Å². The molecule has 1 aliphatic rings. The zero-order chi connectivity index (χ0) is 14.1. The molecular weight excluding hydrogens is 319 g/mol. The quantitative estimate of drug-likeness (QED) is 0.897. The van der Waals surface area contributed by atoms with Crippen LogP contribution in [0.25, 0.3) is 11.1 Å². The Balaban J connectivity index is 0.00000121. The number of fused-ring (bicyclic) bond motifs is 1. The monoisotopic (exact) mass is 340 g/mol. The molecule has 3 nitrogen and oxygen atoms in total. The van der Waals surface area contributed by atoms with Crippen LogP contribution >= 0.6 is 24.8 Å². The third kappa shape index (κ3) is 3.22. The number of halogens is 2.